The van der Waals surface area contributed by atoms with Gasteiger partial charge in [0.25, 0.3) is 0 Å². The van der Waals surface area contributed by atoms with E-state index >= 15 is 0 Å². The van der Waals surface area contributed by atoms with E-state index in [1.54, 1.807) is 18.1 Å². The van der Waals surface area contributed by atoms with Crippen LogP contribution in [-0.2, 0) is 0 Å². The Morgan fingerprint density at radius 1 is 1.23 bits per heavy atom. The Balaban J connectivity index is 0.00000347. The molecule has 0 N–H and O–H groups in total. The maximum atomic E-state index is 14.0. The van der Waals surface area contributed by atoms with E-state index in [-0.39, 0.29) is 12.2 Å². The zero-order chi connectivity index (χ0) is 34.1. The molecule has 0 aromatic rings. The number of piperazine rings is 1. The van der Waals surface area contributed by atoms with E-state index in [1.807, 2.05) is 27.7 Å². The van der Waals surface area contributed by atoms with Crippen molar-refractivity contribution in [2.24, 2.45) is 11.3 Å². The Morgan fingerprint density at radius 3 is 2.34 bits per heavy atom. The van der Waals surface area contributed by atoms with Crippen molar-refractivity contribution < 1.29 is 4.39 Å². The summed E-state index contributed by atoms with van der Waals surface area (Å²) < 4.78 is 14.0. The van der Waals surface area contributed by atoms with Gasteiger partial charge in [-0.2, -0.15) is 0 Å². The molecule has 1 aliphatic heterocycles. The highest BCUT2D eigenvalue weighted by atomic mass is 19.1. The number of likely N-dealkylation sites (N-methyl/N-ethyl adjacent to an activating group) is 1. The summed E-state index contributed by atoms with van der Waals surface area (Å²) in [6.45, 7) is 34.0. The lowest BCUT2D eigenvalue weighted by Crippen LogP contribution is -2.64. The molecule has 0 bridgehead atoms. The fourth-order valence-electron chi connectivity index (χ4n) is 6.86. The van der Waals surface area contributed by atoms with E-state index in [9.17, 15) is 4.39 Å². The molecule has 0 amide bonds. The van der Waals surface area contributed by atoms with Gasteiger partial charge in [-0.1, -0.05) is 85.3 Å². The molecule has 1 saturated heterocycles. The van der Waals surface area contributed by atoms with Crippen molar-refractivity contribution in [3.63, 3.8) is 0 Å². The molecule has 1 heterocycles. The summed E-state index contributed by atoms with van der Waals surface area (Å²) in [7, 11) is 2.28. The molecule has 2 aliphatic rings. The summed E-state index contributed by atoms with van der Waals surface area (Å²) in [6.07, 6.45) is 18.5. The lowest BCUT2D eigenvalue weighted by molar-refractivity contribution is -0.0137. The number of alkyl halides is 1. The second-order valence-corrected chi connectivity index (χ2v) is 13.9. The third kappa shape index (κ3) is 12.4. The van der Waals surface area contributed by atoms with Crippen LogP contribution in [0.3, 0.4) is 0 Å². The first-order valence-corrected chi connectivity index (χ1v) is 17.7. The molecule has 1 fully saturated rings. The monoisotopic (exact) mass is 614 g/mol. The topological polar surface area (TPSA) is 9.72 Å². The molecule has 2 atom stereocenters. The first kappa shape index (κ1) is 42.0. The smallest absolute Gasteiger partial charge is 0.0999 e. The van der Waals surface area contributed by atoms with Crippen LogP contribution in [0, 0.1) is 23.7 Å². The minimum absolute atomic E-state index is 0.00374. The lowest BCUT2D eigenvalue weighted by Gasteiger charge is -2.54. The summed E-state index contributed by atoms with van der Waals surface area (Å²) in [4.78, 5) is 7.59. The van der Waals surface area contributed by atoms with E-state index in [0.29, 0.717) is 6.04 Å². The molecular weight excluding hydrogens is 541 g/mol. The molecule has 0 saturated carbocycles. The Bertz CT molecular complexity index is 979. The third-order valence-electron chi connectivity index (χ3n) is 9.44. The van der Waals surface area contributed by atoms with Gasteiger partial charge in [0, 0.05) is 54.6 Å². The molecular formula is C40H72FN3. The van der Waals surface area contributed by atoms with Gasteiger partial charge in [0.15, 0.2) is 0 Å². The maximum absolute atomic E-state index is 14.0. The first-order valence-electron chi connectivity index (χ1n) is 17.7. The van der Waals surface area contributed by atoms with Crippen LogP contribution in [0.15, 0.2) is 46.8 Å². The van der Waals surface area contributed by atoms with Gasteiger partial charge in [0.1, 0.15) is 0 Å². The average Bonchev–Trinajstić information content (AvgIpc) is 2.97. The molecule has 0 aromatic carbocycles. The van der Waals surface area contributed by atoms with Gasteiger partial charge in [-0.3, -0.25) is 9.29 Å². The summed E-state index contributed by atoms with van der Waals surface area (Å²) in [5.74, 6) is 2.98. The minimum Gasteiger partial charge on any atom is -0.372 e. The predicted molar refractivity (Wildman–Crippen MR) is 196 cm³/mol. The summed E-state index contributed by atoms with van der Waals surface area (Å²) >= 11 is 0. The van der Waals surface area contributed by atoms with Gasteiger partial charge in [0.05, 0.1) is 6.67 Å². The molecule has 0 aromatic heterocycles. The number of allylic oxidation sites excluding steroid dienone is 6. The SMILES string of the molecule is C#CC.C=C(/C1=C/C/C(CC)=C(/CC(C)C)CCC1)N(CCC)CCC1(C)CN(/C(=C\C)C(C)(C)CF)CC(C)N1C.CC. The average molecular weight is 614 g/mol. The van der Waals surface area contributed by atoms with Crippen LogP contribution in [0.4, 0.5) is 4.39 Å². The largest absolute Gasteiger partial charge is 0.372 e. The Kier molecular flexibility index (Phi) is 20.0. The standard InChI is InChI=1S/C35H62FN3.C3H4.C2H6/c1-12-21-38(29(7)31-16-15-17-32(23-27(4)5)30(13-2)18-19-31)22-20-35(10)26-39(24-28(6)37(35)11)33(14-3)34(8,9)25-36;1-3-2;1-2/h14,19,27-28H,7,12-13,15-18,20-26H2,1-6,8-11H3;1H,2H3;1-2H3/b31-19+,32-30+,33-14-;;. The second kappa shape index (κ2) is 20.9. The molecule has 4 heteroatoms. The number of terminal acetylenes is 1. The second-order valence-electron chi connectivity index (χ2n) is 13.9. The third-order valence-corrected chi connectivity index (χ3v) is 9.44. The van der Waals surface area contributed by atoms with Gasteiger partial charge >= 0.3 is 0 Å². The number of hydrogen-bond donors (Lipinski definition) is 0. The zero-order valence-corrected chi connectivity index (χ0v) is 31.5. The highest BCUT2D eigenvalue weighted by molar-refractivity contribution is 5.32. The number of hydrogen-bond acceptors (Lipinski definition) is 3. The summed E-state index contributed by atoms with van der Waals surface area (Å²) in [5.41, 5.74) is 6.74. The maximum Gasteiger partial charge on any atom is 0.0999 e. The van der Waals surface area contributed by atoms with E-state index in [4.69, 9.17) is 0 Å². The quantitative estimate of drug-likeness (QED) is 0.151. The highest BCUT2D eigenvalue weighted by Gasteiger charge is 2.42. The molecule has 2 unspecified atom stereocenters. The molecule has 0 radical (unpaired) electrons. The normalized spacial score (nSPS) is 24.5. The summed E-state index contributed by atoms with van der Waals surface area (Å²) in [6, 6.07) is 0.407. The molecule has 254 valence electrons. The van der Waals surface area contributed by atoms with Crippen molar-refractivity contribution in [2.75, 3.05) is 39.9 Å². The Hall–Kier alpha value is -1.99. The fourth-order valence-corrected chi connectivity index (χ4v) is 6.86. The van der Waals surface area contributed by atoms with Gasteiger partial charge in [-0.25, -0.2) is 0 Å². The van der Waals surface area contributed by atoms with Crippen molar-refractivity contribution >= 4 is 0 Å². The van der Waals surface area contributed by atoms with E-state index in [1.165, 1.54) is 30.5 Å². The van der Waals surface area contributed by atoms with Crippen LogP contribution in [0.2, 0.25) is 0 Å². The van der Waals surface area contributed by atoms with E-state index in [0.717, 1.165) is 69.9 Å². The van der Waals surface area contributed by atoms with Crippen molar-refractivity contribution in [1.82, 2.24) is 14.7 Å². The summed E-state index contributed by atoms with van der Waals surface area (Å²) in [5, 5.41) is 0. The van der Waals surface area contributed by atoms with Crippen LogP contribution >= 0.6 is 0 Å². The first-order chi connectivity index (χ1) is 20.7. The number of rotatable bonds is 13. The molecule has 2 rings (SSSR count). The Labute approximate surface area is 275 Å². The molecule has 0 spiro atoms. The van der Waals surface area contributed by atoms with Crippen LogP contribution < -0.4 is 0 Å². The molecule has 1 aliphatic carbocycles. The van der Waals surface area contributed by atoms with E-state index < -0.39 is 5.41 Å². The number of nitrogens with zero attached hydrogens (tertiary/aromatic N) is 3. The van der Waals surface area contributed by atoms with Crippen LogP contribution in [0.5, 0.6) is 0 Å². The van der Waals surface area contributed by atoms with Crippen LogP contribution in [0.25, 0.3) is 0 Å². The lowest BCUT2D eigenvalue weighted by atomic mass is 9.84. The molecule has 3 nitrogen and oxygen atoms in total. The van der Waals surface area contributed by atoms with Crippen molar-refractivity contribution in [3.8, 4) is 12.3 Å². The fraction of sp³-hybridized carbons (Fsp3) is 0.750. The van der Waals surface area contributed by atoms with Crippen molar-refractivity contribution in [2.45, 2.75) is 146 Å². The van der Waals surface area contributed by atoms with Crippen molar-refractivity contribution in [3.05, 3.63) is 46.8 Å². The van der Waals surface area contributed by atoms with Crippen molar-refractivity contribution in [1.29, 1.82) is 0 Å². The zero-order valence-electron chi connectivity index (χ0n) is 31.5. The van der Waals surface area contributed by atoms with Crippen LogP contribution in [-0.4, -0.2) is 66.2 Å². The van der Waals surface area contributed by atoms with Gasteiger partial charge in [0.2, 0.25) is 0 Å². The van der Waals surface area contributed by atoms with Crippen LogP contribution in [0.1, 0.15) is 134 Å². The number of halogens is 1. The van der Waals surface area contributed by atoms with Gasteiger partial charge < -0.3 is 9.80 Å². The van der Waals surface area contributed by atoms with Gasteiger partial charge in [-0.15, -0.1) is 12.3 Å². The Morgan fingerprint density at radius 2 is 1.84 bits per heavy atom. The minimum atomic E-state index is -0.459. The van der Waals surface area contributed by atoms with E-state index in [2.05, 4.69) is 101 Å². The predicted octanol–water partition coefficient (Wildman–Crippen LogP) is 10.8. The molecule has 44 heavy (non-hydrogen) atoms. The van der Waals surface area contributed by atoms with Gasteiger partial charge in [-0.05, 0) is 97.6 Å². The highest BCUT2D eigenvalue weighted by Crippen LogP contribution is 2.37.